The Bertz CT molecular complexity index is 527. The third-order valence-electron chi connectivity index (χ3n) is 4.05. The molecule has 20 heavy (non-hydrogen) atoms. The van der Waals surface area contributed by atoms with Crippen molar-refractivity contribution in [2.75, 3.05) is 0 Å². The molecule has 0 heterocycles. The zero-order chi connectivity index (χ0) is 14.4. The van der Waals surface area contributed by atoms with Gasteiger partial charge in [-0.05, 0) is 37.3 Å². The van der Waals surface area contributed by atoms with Crippen molar-refractivity contribution in [3.63, 3.8) is 0 Å². The van der Waals surface area contributed by atoms with Gasteiger partial charge in [-0.15, -0.1) is 0 Å². The summed E-state index contributed by atoms with van der Waals surface area (Å²) in [5, 5.41) is 18.4. The number of hydrogen-bond acceptors (Lipinski definition) is 3. The Morgan fingerprint density at radius 2 is 2.05 bits per heavy atom. The Hall–Kier alpha value is -2.00. The first-order valence-corrected chi connectivity index (χ1v) is 7.33. The average Bonchev–Trinajstić information content (AvgIpc) is 2.48. The second-order valence-corrected chi connectivity index (χ2v) is 5.47. The van der Waals surface area contributed by atoms with E-state index in [0.717, 1.165) is 19.3 Å². The summed E-state index contributed by atoms with van der Waals surface area (Å²) >= 11 is 0. The fourth-order valence-electron chi connectivity index (χ4n) is 2.99. The van der Waals surface area contributed by atoms with E-state index in [0.29, 0.717) is 17.2 Å². The first-order valence-electron chi connectivity index (χ1n) is 7.33. The van der Waals surface area contributed by atoms with Crippen LogP contribution in [-0.4, -0.2) is 6.10 Å². The van der Waals surface area contributed by atoms with E-state index in [-0.39, 0.29) is 12.0 Å². The van der Waals surface area contributed by atoms with Gasteiger partial charge < -0.3 is 4.74 Å². The molecule has 1 aromatic carbocycles. The fourth-order valence-corrected chi connectivity index (χ4v) is 2.99. The third kappa shape index (κ3) is 3.31. The molecule has 0 amide bonds. The maximum absolute atomic E-state index is 9.29. The Morgan fingerprint density at radius 1 is 1.25 bits per heavy atom. The number of nitrogens with zero attached hydrogens (tertiary/aromatic N) is 2. The highest BCUT2D eigenvalue weighted by Crippen LogP contribution is 2.34. The van der Waals surface area contributed by atoms with Crippen LogP contribution in [0.1, 0.15) is 44.6 Å². The summed E-state index contributed by atoms with van der Waals surface area (Å²) in [7, 11) is 0. The molecule has 1 aliphatic rings. The maximum Gasteiger partial charge on any atom is 0.137 e. The van der Waals surface area contributed by atoms with Gasteiger partial charge in [0.25, 0.3) is 0 Å². The molecule has 104 valence electrons. The van der Waals surface area contributed by atoms with E-state index in [1.807, 2.05) is 18.2 Å². The van der Waals surface area contributed by atoms with Gasteiger partial charge in [0.2, 0.25) is 0 Å². The average molecular weight is 268 g/mol. The van der Waals surface area contributed by atoms with Gasteiger partial charge in [0, 0.05) is 0 Å². The molecule has 1 fully saturated rings. The molecule has 0 aromatic heterocycles. The van der Waals surface area contributed by atoms with Gasteiger partial charge in [-0.2, -0.15) is 10.5 Å². The fraction of sp³-hybridized carbons (Fsp3) is 0.529. The molecule has 2 rings (SSSR count). The lowest BCUT2D eigenvalue weighted by Gasteiger charge is -2.33. The summed E-state index contributed by atoms with van der Waals surface area (Å²) in [6.07, 6.45) is 5.22. The second-order valence-electron chi connectivity index (χ2n) is 5.47. The summed E-state index contributed by atoms with van der Waals surface area (Å²) in [5.41, 5.74) is 0.543. The monoisotopic (exact) mass is 268 g/mol. The van der Waals surface area contributed by atoms with E-state index in [1.165, 1.54) is 12.8 Å². The molecule has 0 N–H and O–H groups in total. The number of benzene rings is 1. The Morgan fingerprint density at radius 3 is 2.75 bits per heavy atom. The quantitative estimate of drug-likeness (QED) is 0.827. The molecule has 1 saturated carbocycles. The number of para-hydroxylation sites is 1. The molecule has 0 spiro atoms. The van der Waals surface area contributed by atoms with Crippen LogP contribution in [-0.2, 0) is 0 Å². The van der Waals surface area contributed by atoms with Crippen LogP contribution in [0.2, 0.25) is 0 Å². The first-order chi connectivity index (χ1) is 9.78. The molecule has 3 heteroatoms. The topological polar surface area (TPSA) is 56.8 Å². The minimum Gasteiger partial charge on any atom is -0.488 e. The van der Waals surface area contributed by atoms with E-state index in [4.69, 9.17) is 10.00 Å². The molecule has 1 aliphatic carbocycles. The number of ether oxygens (including phenoxy) is 1. The van der Waals surface area contributed by atoms with Crippen LogP contribution in [0.15, 0.2) is 24.3 Å². The van der Waals surface area contributed by atoms with Crippen LogP contribution in [0.5, 0.6) is 5.75 Å². The lowest BCUT2D eigenvalue weighted by Crippen LogP contribution is -2.33. The van der Waals surface area contributed by atoms with Gasteiger partial charge in [-0.25, -0.2) is 0 Å². The predicted molar refractivity (Wildman–Crippen MR) is 76.9 cm³/mol. The van der Waals surface area contributed by atoms with Gasteiger partial charge in [0.1, 0.15) is 17.9 Å². The van der Waals surface area contributed by atoms with Gasteiger partial charge in [0.05, 0.1) is 17.6 Å². The molecule has 3 nitrogen and oxygen atoms in total. The molecule has 1 aromatic rings. The van der Waals surface area contributed by atoms with E-state index in [9.17, 15) is 5.26 Å². The van der Waals surface area contributed by atoms with Crippen LogP contribution in [0.25, 0.3) is 0 Å². The van der Waals surface area contributed by atoms with Gasteiger partial charge in [0.15, 0.2) is 0 Å². The van der Waals surface area contributed by atoms with Crippen LogP contribution in [0.4, 0.5) is 0 Å². The number of hydrogen-bond donors (Lipinski definition) is 0. The van der Waals surface area contributed by atoms with Crippen LogP contribution < -0.4 is 4.74 Å². The van der Waals surface area contributed by atoms with Gasteiger partial charge >= 0.3 is 0 Å². The second kappa shape index (κ2) is 6.96. The summed E-state index contributed by atoms with van der Waals surface area (Å²) < 4.78 is 6.01. The number of nitriles is 2. The standard InChI is InChI=1S/C17H20N2O/c1-2-5-13-8-9-15(12-19)17(10-13)20-16-7-4-3-6-14(16)11-18/h3-4,6-7,13,15,17H,2,5,8-10H2,1H3. The van der Waals surface area contributed by atoms with Crippen molar-refractivity contribution >= 4 is 0 Å². The largest absolute Gasteiger partial charge is 0.488 e. The van der Waals surface area contributed by atoms with Crippen molar-refractivity contribution in [3.8, 4) is 17.9 Å². The molecule has 0 saturated heterocycles. The molecule has 3 atom stereocenters. The lowest BCUT2D eigenvalue weighted by atomic mass is 9.78. The van der Waals surface area contributed by atoms with Gasteiger partial charge in [-0.3, -0.25) is 0 Å². The van der Waals surface area contributed by atoms with E-state index >= 15 is 0 Å². The summed E-state index contributed by atoms with van der Waals surface area (Å²) in [6.45, 7) is 2.19. The Balaban J connectivity index is 2.12. The first kappa shape index (κ1) is 14.4. The molecule has 0 aliphatic heterocycles. The lowest BCUT2D eigenvalue weighted by molar-refractivity contribution is 0.0872. The molecular weight excluding hydrogens is 248 g/mol. The minimum absolute atomic E-state index is 0.0603. The Kier molecular flexibility index (Phi) is 5.02. The third-order valence-corrected chi connectivity index (χ3v) is 4.05. The molecule has 3 unspecified atom stereocenters. The van der Waals surface area contributed by atoms with Crippen LogP contribution >= 0.6 is 0 Å². The SMILES string of the molecule is CCCC1CCC(C#N)C(Oc2ccccc2C#N)C1. The zero-order valence-electron chi connectivity index (χ0n) is 11.9. The molecule has 0 bridgehead atoms. The van der Waals surface area contributed by atoms with Crippen molar-refractivity contribution in [2.24, 2.45) is 11.8 Å². The van der Waals surface area contributed by atoms with E-state index in [2.05, 4.69) is 19.1 Å². The zero-order valence-corrected chi connectivity index (χ0v) is 11.9. The highest BCUT2D eigenvalue weighted by Gasteiger charge is 2.32. The van der Waals surface area contributed by atoms with Crippen molar-refractivity contribution in [1.29, 1.82) is 10.5 Å². The molecular formula is C17H20N2O. The van der Waals surface area contributed by atoms with E-state index < -0.39 is 0 Å². The van der Waals surface area contributed by atoms with E-state index in [1.54, 1.807) is 6.07 Å². The summed E-state index contributed by atoms with van der Waals surface area (Å²) in [5.74, 6) is 1.19. The van der Waals surface area contributed by atoms with Crippen LogP contribution in [0.3, 0.4) is 0 Å². The van der Waals surface area contributed by atoms with Gasteiger partial charge in [-0.1, -0.05) is 31.9 Å². The van der Waals surface area contributed by atoms with Crippen molar-refractivity contribution in [2.45, 2.75) is 45.1 Å². The highest BCUT2D eigenvalue weighted by atomic mass is 16.5. The van der Waals surface area contributed by atoms with Crippen LogP contribution in [0, 0.1) is 34.5 Å². The molecule has 0 radical (unpaired) electrons. The maximum atomic E-state index is 9.29. The highest BCUT2D eigenvalue weighted by molar-refractivity contribution is 5.42. The van der Waals surface area contributed by atoms with Crippen molar-refractivity contribution in [1.82, 2.24) is 0 Å². The van der Waals surface area contributed by atoms with Crippen molar-refractivity contribution < 1.29 is 4.74 Å². The number of rotatable bonds is 4. The predicted octanol–water partition coefficient (Wildman–Crippen LogP) is 4.05. The van der Waals surface area contributed by atoms with Crippen molar-refractivity contribution in [3.05, 3.63) is 29.8 Å². The summed E-state index contributed by atoms with van der Waals surface area (Å²) in [6, 6.07) is 11.8. The normalized spacial score (nSPS) is 25.4. The minimum atomic E-state index is -0.0835. The smallest absolute Gasteiger partial charge is 0.137 e. The summed E-state index contributed by atoms with van der Waals surface area (Å²) in [4.78, 5) is 0. The Labute approximate surface area is 120 Å².